The second-order valence-electron chi connectivity index (χ2n) is 4.98. The largest absolute Gasteiger partial charge is 0.360 e. The van der Waals surface area contributed by atoms with E-state index in [0.29, 0.717) is 11.3 Å². The molecule has 1 atom stereocenters. The molecule has 24 heavy (non-hydrogen) atoms. The molecule has 1 aromatic heterocycles. The number of thioether (sulfide) groups is 1. The second-order valence-corrected chi connectivity index (χ2v) is 9.29. The maximum absolute atomic E-state index is 12.5. The number of anilines is 2. The van der Waals surface area contributed by atoms with Gasteiger partial charge in [-0.25, -0.2) is 8.42 Å². The minimum absolute atomic E-state index is 0.0499. The van der Waals surface area contributed by atoms with Crippen LogP contribution in [0.15, 0.2) is 28.6 Å². The molecule has 0 amide bonds. The number of nitrogens with one attached hydrogen (secondary N) is 2. The maximum atomic E-state index is 12.5. The molecule has 0 spiro atoms. The van der Waals surface area contributed by atoms with Crippen LogP contribution in [0.2, 0.25) is 0 Å². The van der Waals surface area contributed by atoms with Gasteiger partial charge < -0.3 is 5.32 Å². The van der Waals surface area contributed by atoms with E-state index < -0.39 is 10.0 Å². The molecule has 130 valence electrons. The lowest BCUT2D eigenvalue weighted by Crippen LogP contribution is -2.14. The van der Waals surface area contributed by atoms with Gasteiger partial charge in [0.05, 0.1) is 11.5 Å². The van der Waals surface area contributed by atoms with Gasteiger partial charge in [0.2, 0.25) is 15.2 Å². The zero-order valence-corrected chi connectivity index (χ0v) is 15.9. The molecule has 2 rings (SSSR count). The summed E-state index contributed by atoms with van der Waals surface area (Å²) in [5.74, 6) is -0.0499. The van der Waals surface area contributed by atoms with E-state index in [-0.39, 0.29) is 11.0 Å². The van der Waals surface area contributed by atoms with Crippen LogP contribution in [0.5, 0.6) is 0 Å². The molecule has 7 nitrogen and oxygen atoms in total. The second kappa shape index (κ2) is 7.95. The highest BCUT2D eigenvalue weighted by atomic mass is 32.2. The zero-order chi connectivity index (χ0) is 17.7. The van der Waals surface area contributed by atoms with Gasteiger partial charge >= 0.3 is 0 Å². The Morgan fingerprint density at radius 1 is 1.29 bits per heavy atom. The van der Waals surface area contributed by atoms with Crippen LogP contribution in [-0.2, 0) is 10.0 Å². The van der Waals surface area contributed by atoms with Crippen LogP contribution >= 0.6 is 23.1 Å². The van der Waals surface area contributed by atoms with Crippen molar-refractivity contribution in [1.82, 2.24) is 10.2 Å². The molecule has 0 bridgehead atoms. The number of nitrogens with zero attached hydrogens (tertiary/aromatic N) is 2. The van der Waals surface area contributed by atoms with Gasteiger partial charge in [0, 0.05) is 17.8 Å². The van der Waals surface area contributed by atoms with Gasteiger partial charge in [0.15, 0.2) is 10.1 Å². The SMILES string of the molecule is CCNc1nnc(SC(C)C(=O)c2ccc(NS(C)(=O)=O)cc2)s1. The summed E-state index contributed by atoms with van der Waals surface area (Å²) in [5.41, 5.74) is 0.944. The maximum Gasteiger partial charge on any atom is 0.229 e. The third kappa shape index (κ3) is 5.46. The molecular weight excluding hydrogens is 368 g/mol. The molecule has 1 aromatic carbocycles. The van der Waals surface area contributed by atoms with Crippen molar-refractivity contribution >= 4 is 49.7 Å². The van der Waals surface area contributed by atoms with Crippen LogP contribution in [0.4, 0.5) is 10.8 Å². The number of ketones is 1. The summed E-state index contributed by atoms with van der Waals surface area (Å²) in [5, 5.41) is 11.5. The van der Waals surface area contributed by atoms with Gasteiger partial charge in [0.25, 0.3) is 0 Å². The first-order valence-electron chi connectivity index (χ1n) is 7.14. The number of carbonyl (C=O) groups is 1. The summed E-state index contributed by atoms with van der Waals surface area (Å²) in [6.07, 6.45) is 1.08. The van der Waals surface area contributed by atoms with E-state index in [1.165, 1.54) is 23.1 Å². The smallest absolute Gasteiger partial charge is 0.229 e. The fourth-order valence-corrected chi connectivity index (χ4v) is 4.44. The molecule has 0 fully saturated rings. The quantitative estimate of drug-likeness (QED) is 0.531. The number of hydrogen-bond acceptors (Lipinski definition) is 8. The average Bonchev–Trinajstić information content (AvgIpc) is 2.93. The summed E-state index contributed by atoms with van der Waals surface area (Å²) in [4.78, 5) is 12.5. The van der Waals surface area contributed by atoms with E-state index in [1.54, 1.807) is 24.3 Å². The Morgan fingerprint density at radius 2 is 1.96 bits per heavy atom. The van der Waals surface area contributed by atoms with Gasteiger partial charge in [-0.3, -0.25) is 9.52 Å². The first-order valence-corrected chi connectivity index (χ1v) is 10.7. The van der Waals surface area contributed by atoms with Gasteiger partial charge in [-0.2, -0.15) is 0 Å². The van der Waals surface area contributed by atoms with Crippen LogP contribution in [-0.4, -0.2) is 42.4 Å². The summed E-state index contributed by atoms with van der Waals surface area (Å²) < 4.78 is 25.4. The fourth-order valence-electron chi connectivity index (χ4n) is 1.84. The first kappa shape index (κ1) is 18.7. The van der Waals surface area contributed by atoms with Crippen molar-refractivity contribution in [2.24, 2.45) is 0 Å². The fraction of sp³-hybridized carbons (Fsp3) is 0.357. The van der Waals surface area contributed by atoms with Gasteiger partial charge in [-0.15, -0.1) is 10.2 Å². The molecule has 1 unspecified atom stereocenters. The van der Waals surface area contributed by atoms with Crippen molar-refractivity contribution in [2.45, 2.75) is 23.4 Å². The van der Waals surface area contributed by atoms with Gasteiger partial charge in [-0.1, -0.05) is 23.1 Å². The minimum Gasteiger partial charge on any atom is -0.360 e. The van der Waals surface area contributed by atoms with Crippen molar-refractivity contribution in [3.05, 3.63) is 29.8 Å². The number of Topliss-reactive ketones (excluding diaryl/α,β-unsaturated/α-hetero) is 1. The Morgan fingerprint density at radius 3 is 2.54 bits per heavy atom. The molecule has 10 heteroatoms. The number of aromatic nitrogens is 2. The number of hydrogen-bond donors (Lipinski definition) is 2. The van der Waals surface area contributed by atoms with E-state index in [1.807, 2.05) is 13.8 Å². The van der Waals surface area contributed by atoms with Crippen LogP contribution < -0.4 is 10.0 Å². The Labute approximate surface area is 149 Å². The topological polar surface area (TPSA) is 101 Å². The van der Waals surface area contributed by atoms with Crippen LogP contribution in [0.1, 0.15) is 24.2 Å². The highest BCUT2D eigenvalue weighted by molar-refractivity contribution is 8.02. The molecule has 2 aromatic rings. The van der Waals surface area contributed by atoms with Gasteiger partial charge in [-0.05, 0) is 38.1 Å². The lowest BCUT2D eigenvalue weighted by Gasteiger charge is -2.09. The minimum atomic E-state index is -3.33. The van der Waals surface area contributed by atoms with E-state index in [4.69, 9.17) is 0 Å². The standard InChI is InChI=1S/C14H18N4O3S3/c1-4-15-13-16-17-14(23-13)22-9(2)12(19)10-5-7-11(8-6-10)18-24(3,20)21/h5-9,18H,4H2,1-3H3,(H,15,16). The van der Waals surface area contributed by atoms with Crippen molar-refractivity contribution in [2.75, 3.05) is 22.8 Å². The molecule has 2 N–H and O–H groups in total. The lowest BCUT2D eigenvalue weighted by molar-refractivity contribution is 0.0994. The molecule has 0 radical (unpaired) electrons. The number of rotatable bonds is 8. The van der Waals surface area contributed by atoms with Crippen molar-refractivity contribution in [3.8, 4) is 0 Å². The Kier molecular flexibility index (Phi) is 6.19. The van der Waals surface area contributed by atoms with Crippen LogP contribution in [0.25, 0.3) is 0 Å². The predicted octanol–water partition coefficient (Wildman–Crippen LogP) is 2.70. The number of carbonyl (C=O) groups excluding carboxylic acids is 1. The molecule has 0 saturated carbocycles. The van der Waals surface area contributed by atoms with E-state index in [2.05, 4.69) is 20.2 Å². The lowest BCUT2D eigenvalue weighted by atomic mass is 10.1. The predicted molar refractivity (Wildman–Crippen MR) is 98.6 cm³/mol. The highest BCUT2D eigenvalue weighted by Crippen LogP contribution is 2.30. The normalized spacial score (nSPS) is 12.6. The Balaban J connectivity index is 2.01. The molecule has 0 saturated heterocycles. The third-order valence-corrected chi connectivity index (χ3v) is 5.53. The monoisotopic (exact) mass is 386 g/mol. The Bertz CT molecular complexity index is 803. The molecular formula is C14H18N4O3S3. The van der Waals surface area contributed by atoms with Crippen molar-refractivity contribution < 1.29 is 13.2 Å². The summed E-state index contributed by atoms with van der Waals surface area (Å²) in [6, 6.07) is 6.36. The summed E-state index contributed by atoms with van der Waals surface area (Å²) in [7, 11) is -3.33. The van der Waals surface area contributed by atoms with Crippen LogP contribution in [0, 0.1) is 0 Å². The van der Waals surface area contributed by atoms with Crippen molar-refractivity contribution in [1.29, 1.82) is 0 Å². The number of benzene rings is 1. The van der Waals surface area contributed by atoms with E-state index >= 15 is 0 Å². The van der Waals surface area contributed by atoms with E-state index in [0.717, 1.165) is 22.3 Å². The van der Waals surface area contributed by atoms with E-state index in [9.17, 15) is 13.2 Å². The highest BCUT2D eigenvalue weighted by Gasteiger charge is 2.19. The first-order chi connectivity index (χ1) is 11.3. The summed E-state index contributed by atoms with van der Waals surface area (Å²) >= 11 is 2.76. The zero-order valence-electron chi connectivity index (χ0n) is 13.4. The average molecular weight is 387 g/mol. The van der Waals surface area contributed by atoms with Gasteiger partial charge in [0.1, 0.15) is 0 Å². The molecule has 0 aliphatic carbocycles. The molecule has 1 heterocycles. The summed E-state index contributed by atoms with van der Waals surface area (Å²) in [6.45, 7) is 4.55. The third-order valence-electron chi connectivity index (χ3n) is 2.85. The molecule has 0 aliphatic heterocycles. The number of sulfonamides is 1. The van der Waals surface area contributed by atoms with Crippen molar-refractivity contribution in [3.63, 3.8) is 0 Å². The molecule has 0 aliphatic rings. The Hall–Kier alpha value is -1.65. The van der Waals surface area contributed by atoms with Crippen LogP contribution in [0.3, 0.4) is 0 Å².